The Morgan fingerprint density at radius 2 is 1.14 bits per heavy atom. The van der Waals surface area contributed by atoms with Gasteiger partial charge in [0.15, 0.2) is 0 Å². The van der Waals surface area contributed by atoms with Crippen LogP contribution in [0.3, 0.4) is 0 Å². The van der Waals surface area contributed by atoms with Crippen LogP contribution in [0, 0.1) is 36.5 Å². The van der Waals surface area contributed by atoms with Crippen LogP contribution < -0.4 is 0 Å². The minimum Gasteiger partial charge on any atom is -0.192 e. The summed E-state index contributed by atoms with van der Waals surface area (Å²) in [6.45, 7) is 3.63. The van der Waals surface area contributed by atoms with Crippen molar-refractivity contribution in [3.8, 4) is 12.1 Å². The molecule has 0 amide bonds. The highest BCUT2D eigenvalue weighted by molar-refractivity contribution is 9.13. The SMILES string of the molecule is Cc1c(Br)c(Br)c(C)c(C#N)c1C#N. The quantitative estimate of drug-likeness (QED) is 0.735. The van der Waals surface area contributed by atoms with E-state index in [0.29, 0.717) is 11.1 Å². The Bertz CT molecular complexity index is 434. The molecule has 1 aromatic rings. The van der Waals surface area contributed by atoms with Crippen LogP contribution in [0.1, 0.15) is 22.3 Å². The van der Waals surface area contributed by atoms with E-state index < -0.39 is 0 Å². The van der Waals surface area contributed by atoms with Crippen molar-refractivity contribution in [3.05, 3.63) is 31.2 Å². The summed E-state index contributed by atoms with van der Waals surface area (Å²) in [5.74, 6) is 0. The fourth-order valence-electron chi connectivity index (χ4n) is 1.20. The van der Waals surface area contributed by atoms with Crippen LogP contribution in [0.2, 0.25) is 0 Å². The smallest absolute Gasteiger partial charge is 0.101 e. The van der Waals surface area contributed by atoms with Gasteiger partial charge in [-0.2, -0.15) is 10.5 Å². The fraction of sp³-hybridized carbons (Fsp3) is 0.200. The fourth-order valence-corrected chi connectivity index (χ4v) is 2.19. The van der Waals surface area contributed by atoms with Crippen LogP contribution in [0.15, 0.2) is 8.95 Å². The molecule has 0 saturated heterocycles. The van der Waals surface area contributed by atoms with Gasteiger partial charge in [-0.3, -0.25) is 0 Å². The molecule has 0 aliphatic rings. The standard InChI is InChI=1S/C10H6Br2N2/c1-5-7(3-13)8(4-14)6(2)10(12)9(5)11/h1-2H3. The summed E-state index contributed by atoms with van der Waals surface area (Å²) in [7, 11) is 0. The van der Waals surface area contributed by atoms with E-state index in [1.54, 1.807) is 0 Å². The maximum Gasteiger partial charge on any atom is 0.101 e. The van der Waals surface area contributed by atoms with E-state index in [4.69, 9.17) is 10.5 Å². The Kier molecular flexibility index (Phi) is 3.31. The van der Waals surface area contributed by atoms with Gasteiger partial charge in [0.2, 0.25) is 0 Å². The third-order valence-corrected chi connectivity index (χ3v) is 4.59. The molecule has 0 heterocycles. The van der Waals surface area contributed by atoms with Gasteiger partial charge in [0.1, 0.15) is 12.1 Å². The van der Waals surface area contributed by atoms with E-state index in [0.717, 1.165) is 20.1 Å². The normalized spacial score (nSPS) is 9.29. The number of nitriles is 2. The van der Waals surface area contributed by atoms with E-state index in [-0.39, 0.29) is 0 Å². The maximum absolute atomic E-state index is 8.93. The molecule has 0 N–H and O–H groups in total. The van der Waals surface area contributed by atoms with Crippen molar-refractivity contribution >= 4 is 31.9 Å². The minimum absolute atomic E-state index is 0.445. The molecule has 14 heavy (non-hydrogen) atoms. The Balaban J connectivity index is 3.79. The lowest BCUT2D eigenvalue weighted by Crippen LogP contribution is -1.96. The molecule has 0 aromatic heterocycles. The number of hydrogen-bond donors (Lipinski definition) is 0. The lowest BCUT2D eigenvalue weighted by Gasteiger charge is -2.09. The largest absolute Gasteiger partial charge is 0.192 e. The molecule has 0 bridgehead atoms. The van der Waals surface area contributed by atoms with Crippen LogP contribution in [-0.4, -0.2) is 0 Å². The van der Waals surface area contributed by atoms with Crippen molar-refractivity contribution in [2.24, 2.45) is 0 Å². The Morgan fingerprint density at radius 1 is 0.857 bits per heavy atom. The zero-order chi connectivity index (χ0) is 10.9. The Hall–Kier alpha value is -0.840. The lowest BCUT2D eigenvalue weighted by atomic mass is 9.99. The molecule has 0 atom stereocenters. The predicted molar refractivity (Wildman–Crippen MR) is 60.7 cm³/mol. The Labute approximate surface area is 99.4 Å². The highest BCUT2D eigenvalue weighted by Crippen LogP contribution is 2.34. The van der Waals surface area contributed by atoms with Crippen LogP contribution in [0.5, 0.6) is 0 Å². The van der Waals surface area contributed by atoms with E-state index >= 15 is 0 Å². The first-order valence-corrected chi connectivity index (χ1v) is 5.41. The van der Waals surface area contributed by atoms with Gasteiger partial charge in [0, 0.05) is 8.95 Å². The second-order valence-electron chi connectivity index (χ2n) is 2.85. The van der Waals surface area contributed by atoms with Gasteiger partial charge in [-0.25, -0.2) is 0 Å². The lowest BCUT2D eigenvalue weighted by molar-refractivity contribution is 1.26. The summed E-state index contributed by atoms with van der Waals surface area (Å²) in [5.41, 5.74) is 2.48. The summed E-state index contributed by atoms with van der Waals surface area (Å²) < 4.78 is 1.68. The molecule has 0 radical (unpaired) electrons. The summed E-state index contributed by atoms with van der Waals surface area (Å²) in [5, 5.41) is 17.9. The van der Waals surface area contributed by atoms with Gasteiger partial charge in [0.05, 0.1) is 11.1 Å². The van der Waals surface area contributed by atoms with Gasteiger partial charge in [-0.05, 0) is 56.8 Å². The van der Waals surface area contributed by atoms with E-state index in [2.05, 4.69) is 44.0 Å². The average molecular weight is 314 g/mol. The average Bonchev–Trinajstić information content (AvgIpc) is 2.20. The zero-order valence-corrected chi connectivity index (χ0v) is 10.8. The number of rotatable bonds is 0. The first kappa shape index (κ1) is 11.2. The number of halogens is 2. The molecule has 1 rings (SSSR count). The zero-order valence-electron chi connectivity index (χ0n) is 7.65. The van der Waals surface area contributed by atoms with Crippen LogP contribution in [-0.2, 0) is 0 Å². The third-order valence-electron chi connectivity index (χ3n) is 2.07. The highest BCUT2D eigenvalue weighted by atomic mass is 79.9. The molecule has 0 unspecified atom stereocenters. The van der Waals surface area contributed by atoms with Crippen molar-refractivity contribution in [2.45, 2.75) is 13.8 Å². The van der Waals surface area contributed by atoms with Gasteiger partial charge in [-0.1, -0.05) is 0 Å². The first-order chi connectivity index (χ1) is 6.54. The molecule has 1 aromatic carbocycles. The summed E-state index contributed by atoms with van der Waals surface area (Å²) in [6.07, 6.45) is 0. The topological polar surface area (TPSA) is 47.6 Å². The summed E-state index contributed by atoms with van der Waals surface area (Å²) >= 11 is 6.76. The molecule has 2 nitrogen and oxygen atoms in total. The second-order valence-corrected chi connectivity index (χ2v) is 4.44. The van der Waals surface area contributed by atoms with Crippen molar-refractivity contribution in [1.82, 2.24) is 0 Å². The van der Waals surface area contributed by atoms with Gasteiger partial charge < -0.3 is 0 Å². The maximum atomic E-state index is 8.93. The molecule has 0 fully saturated rings. The van der Waals surface area contributed by atoms with Crippen LogP contribution >= 0.6 is 31.9 Å². The predicted octanol–water partition coefficient (Wildman–Crippen LogP) is 3.57. The van der Waals surface area contributed by atoms with Crippen molar-refractivity contribution in [3.63, 3.8) is 0 Å². The third kappa shape index (κ3) is 1.56. The summed E-state index contributed by atoms with van der Waals surface area (Å²) in [4.78, 5) is 0. The first-order valence-electron chi connectivity index (χ1n) is 3.83. The van der Waals surface area contributed by atoms with E-state index in [1.165, 1.54) is 0 Å². The molecule has 0 aliphatic carbocycles. The van der Waals surface area contributed by atoms with E-state index in [9.17, 15) is 0 Å². The van der Waals surface area contributed by atoms with Crippen LogP contribution in [0.25, 0.3) is 0 Å². The Morgan fingerprint density at radius 3 is 1.36 bits per heavy atom. The monoisotopic (exact) mass is 312 g/mol. The minimum atomic E-state index is 0.445. The van der Waals surface area contributed by atoms with E-state index in [1.807, 2.05) is 13.8 Å². The summed E-state index contributed by atoms with van der Waals surface area (Å²) in [6, 6.07) is 4.10. The van der Waals surface area contributed by atoms with Crippen molar-refractivity contribution in [1.29, 1.82) is 10.5 Å². The number of hydrogen-bond acceptors (Lipinski definition) is 2. The molecular formula is C10H6Br2N2. The van der Waals surface area contributed by atoms with Gasteiger partial charge >= 0.3 is 0 Å². The molecule has 0 aliphatic heterocycles. The molecular weight excluding hydrogens is 308 g/mol. The van der Waals surface area contributed by atoms with Crippen molar-refractivity contribution < 1.29 is 0 Å². The molecule has 0 spiro atoms. The number of benzene rings is 1. The van der Waals surface area contributed by atoms with Crippen LogP contribution in [0.4, 0.5) is 0 Å². The number of nitrogens with zero attached hydrogens (tertiary/aromatic N) is 2. The molecule has 4 heteroatoms. The highest BCUT2D eigenvalue weighted by Gasteiger charge is 2.16. The molecule has 0 saturated carbocycles. The van der Waals surface area contributed by atoms with Crippen molar-refractivity contribution in [2.75, 3.05) is 0 Å². The molecule has 70 valence electrons. The van der Waals surface area contributed by atoms with Gasteiger partial charge in [-0.15, -0.1) is 0 Å². The van der Waals surface area contributed by atoms with Gasteiger partial charge in [0.25, 0.3) is 0 Å². The second kappa shape index (κ2) is 4.13.